The Morgan fingerprint density at radius 1 is 1.00 bits per heavy atom. The fourth-order valence-corrected chi connectivity index (χ4v) is 2.37. The fraction of sp³-hybridized carbons (Fsp3) is 0.333. The van der Waals surface area contributed by atoms with Gasteiger partial charge in [0, 0.05) is 5.56 Å². The quantitative estimate of drug-likeness (QED) is 0.843. The van der Waals surface area contributed by atoms with Gasteiger partial charge in [-0.15, -0.1) is 0 Å². The van der Waals surface area contributed by atoms with Crippen molar-refractivity contribution < 1.29 is 8.78 Å². The Balaban J connectivity index is 2.46. The number of halogens is 2. The largest absolute Gasteiger partial charge is 0.306 e. The van der Waals surface area contributed by atoms with Crippen LogP contribution in [0.2, 0.25) is 0 Å². The van der Waals surface area contributed by atoms with Crippen LogP contribution >= 0.6 is 0 Å². The summed E-state index contributed by atoms with van der Waals surface area (Å²) >= 11 is 0. The predicted molar refractivity (Wildman–Crippen MR) is 82.4 cm³/mol. The van der Waals surface area contributed by atoms with Crippen LogP contribution in [0.3, 0.4) is 0 Å². The van der Waals surface area contributed by atoms with Gasteiger partial charge in [0.1, 0.15) is 11.6 Å². The van der Waals surface area contributed by atoms with Crippen LogP contribution in [0.5, 0.6) is 0 Å². The summed E-state index contributed by atoms with van der Waals surface area (Å²) in [7, 11) is 0. The lowest BCUT2D eigenvalue weighted by atomic mass is 9.95. The third-order valence-corrected chi connectivity index (χ3v) is 3.59. The summed E-state index contributed by atoms with van der Waals surface area (Å²) < 4.78 is 28.0. The first kappa shape index (κ1) is 15.6. The van der Waals surface area contributed by atoms with E-state index in [0.717, 1.165) is 24.1 Å². The SMILES string of the molecule is CCCNC(c1ccc(C)c(F)c1)c1cc(C)ccc1F. The van der Waals surface area contributed by atoms with E-state index >= 15 is 0 Å². The van der Waals surface area contributed by atoms with Crippen LogP contribution in [0, 0.1) is 25.5 Å². The molecule has 0 heterocycles. The summed E-state index contributed by atoms with van der Waals surface area (Å²) in [4.78, 5) is 0. The molecule has 112 valence electrons. The van der Waals surface area contributed by atoms with Crippen LogP contribution in [0.1, 0.15) is 41.6 Å². The Morgan fingerprint density at radius 2 is 1.76 bits per heavy atom. The molecule has 1 unspecified atom stereocenters. The Labute approximate surface area is 125 Å². The van der Waals surface area contributed by atoms with E-state index in [1.54, 1.807) is 19.1 Å². The maximum atomic E-state index is 14.2. The lowest BCUT2D eigenvalue weighted by molar-refractivity contribution is 0.541. The van der Waals surface area contributed by atoms with Crippen molar-refractivity contribution >= 4 is 0 Å². The Bertz CT molecular complexity index is 623. The minimum Gasteiger partial charge on any atom is -0.306 e. The summed E-state index contributed by atoms with van der Waals surface area (Å²) in [5.41, 5.74) is 2.89. The second-order valence-electron chi connectivity index (χ2n) is 5.42. The molecular weight excluding hydrogens is 268 g/mol. The molecule has 0 bridgehead atoms. The van der Waals surface area contributed by atoms with Crippen LogP contribution in [0.4, 0.5) is 8.78 Å². The zero-order valence-electron chi connectivity index (χ0n) is 12.7. The van der Waals surface area contributed by atoms with Gasteiger partial charge in [0.2, 0.25) is 0 Å². The highest BCUT2D eigenvalue weighted by molar-refractivity contribution is 5.36. The van der Waals surface area contributed by atoms with E-state index in [-0.39, 0.29) is 17.7 Å². The van der Waals surface area contributed by atoms with Crippen molar-refractivity contribution in [2.24, 2.45) is 0 Å². The van der Waals surface area contributed by atoms with Crippen LogP contribution in [0.25, 0.3) is 0 Å². The Morgan fingerprint density at radius 3 is 2.43 bits per heavy atom. The monoisotopic (exact) mass is 289 g/mol. The summed E-state index contributed by atoms with van der Waals surface area (Å²) in [6, 6.07) is 9.78. The molecule has 0 spiro atoms. The molecule has 1 nitrogen and oxygen atoms in total. The molecule has 0 aromatic heterocycles. The lowest BCUT2D eigenvalue weighted by Gasteiger charge is -2.21. The van der Waals surface area contributed by atoms with Crippen LogP contribution < -0.4 is 5.32 Å². The molecule has 2 aromatic carbocycles. The van der Waals surface area contributed by atoms with E-state index in [4.69, 9.17) is 0 Å². The number of rotatable bonds is 5. The minimum atomic E-state index is -0.333. The van der Waals surface area contributed by atoms with Gasteiger partial charge in [-0.3, -0.25) is 0 Å². The van der Waals surface area contributed by atoms with E-state index in [2.05, 4.69) is 5.32 Å². The van der Waals surface area contributed by atoms with Gasteiger partial charge in [0.25, 0.3) is 0 Å². The summed E-state index contributed by atoms with van der Waals surface area (Å²) in [6.45, 7) is 6.44. The molecule has 0 aliphatic carbocycles. The van der Waals surface area contributed by atoms with E-state index in [1.807, 2.05) is 26.0 Å². The van der Waals surface area contributed by atoms with Gasteiger partial charge in [-0.2, -0.15) is 0 Å². The zero-order valence-corrected chi connectivity index (χ0v) is 12.7. The third-order valence-electron chi connectivity index (χ3n) is 3.59. The molecule has 21 heavy (non-hydrogen) atoms. The van der Waals surface area contributed by atoms with Gasteiger partial charge >= 0.3 is 0 Å². The number of hydrogen-bond donors (Lipinski definition) is 1. The molecule has 0 aliphatic heterocycles. The van der Waals surface area contributed by atoms with Gasteiger partial charge in [-0.25, -0.2) is 8.78 Å². The topological polar surface area (TPSA) is 12.0 Å². The molecule has 3 heteroatoms. The summed E-state index contributed by atoms with van der Waals surface area (Å²) in [5, 5.41) is 3.31. The smallest absolute Gasteiger partial charge is 0.128 e. The van der Waals surface area contributed by atoms with Crippen LogP contribution in [-0.4, -0.2) is 6.54 Å². The molecule has 0 fully saturated rings. The Hall–Kier alpha value is -1.74. The van der Waals surface area contributed by atoms with E-state index in [0.29, 0.717) is 11.1 Å². The molecule has 0 saturated heterocycles. The average molecular weight is 289 g/mol. The molecule has 0 saturated carbocycles. The highest BCUT2D eigenvalue weighted by atomic mass is 19.1. The number of hydrogen-bond acceptors (Lipinski definition) is 1. The normalized spacial score (nSPS) is 12.4. The number of nitrogens with one attached hydrogen (secondary N) is 1. The van der Waals surface area contributed by atoms with Crippen molar-refractivity contribution in [2.45, 2.75) is 33.2 Å². The van der Waals surface area contributed by atoms with Crippen molar-refractivity contribution in [1.29, 1.82) is 0 Å². The van der Waals surface area contributed by atoms with Gasteiger partial charge in [-0.05, 0) is 50.1 Å². The second-order valence-corrected chi connectivity index (χ2v) is 5.42. The molecular formula is C18H21F2N. The number of aryl methyl sites for hydroxylation is 2. The highest BCUT2D eigenvalue weighted by Gasteiger charge is 2.18. The van der Waals surface area contributed by atoms with Crippen LogP contribution in [0.15, 0.2) is 36.4 Å². The molecule has 1 atom stereocenters. The first-order chi connectivity index (χ1) is 10.0. The van der Waals surface area contributed by atoms with Gasteiger partial charge in [0.15, 0.2) is 0 Å². The van der Waals surface area contributed by atoms with E-state index < -0.39 is 0 Å². The van der Waals surface area contributed by atoms with Crippen molar-refractivity contribution in [2.75, 3.05) is 6.54 Å². The molecule has 0 aliphatic rings. The lowest BCUT2D eigenvalue weighted by Crippen LogP contribution is -2.24. The van der Waals surface area contributed by atoms with Crippen molar-refractivity contribution in [3.8, 4) is 0 Å². The van der Waals surface area contributed by atoms with E-state index in [1.165, 1.54) is 12.1 Å². The van der Waals surface area contributed by atoms with Crippen molar-refractivity contribution in [1.82, 2.24) is 5.32 Å². The van der Waals surface area contributed by atoms with Gasteiger partial charge in [-0.1, -0.05) is 36.8 Å². The third kappa shape index (κ3) is 3.67. The fourth-order valence-electron chi connectivity index (χ4n) is 2.37. The molecule has 0 radical (unpaired) electrons. The highest BCUT2D eigenvalue weighted by Crippen LogP contribution is 2.26. The predicted octanol–water partition coefficient (Wildman–Crippen LogP) is 4.67. The maximum Gasteiger partial charge on any atom is 0.128 e. The maximum absolute atomic E-state index is 14.2. The van der Waals surface area contributed by atoms with E-state index in [9.17, 15) is 8.78 Å². The Kier molecular flexibility index (Phi) is 5.07. The average Bonchev–Trinajstić information content (AvgIpc) is 2.46. The van der Waals surface area contributed by atoms with Gasteiger partial charge in [0.05, 0.1) is 6.04 Å². The van der Waals surface area contributed by atoms with Crippen molar-refractivity contribution in [3.05, 3.63) is 70.3 Å². The zero-order chi connectivity index (χ0) is 15.4. The molecule has 1 N–H and O–H groups in total. The minimum absolute atomic E-state index is 0.260. The van der Waals surface area contributed by atoms with Crippen molar-refractivity contribution in [3.63, 3.8) is 0 Å². The molecule has 0 amide bonds. The van der Waals surface area contributed by atoms with Gasteiger partial charge < -0.3 is 5.32 Å². The molecule has 2 aromatic rings. The molecule has 2 rings (SSSR count). The van der Waals surface area contributed by atoms with Crippen LogP contribution in [-0.2, 0) is 0 Å². The standard InChI is InChI=1S/C18H21F2N/c1-4-9-21-18(14-7-6-13(3)17(20)11-14)15-10-12(2)5-8-16(15)19/h5-8,10-11,18,21H,4,9H2,1-3H3. The number of benzene rings is 2. The summed E-state index contributed by atoms with van der Waals surface area (Å²) in [5.74, 6) is -0.529. The first-order valence-electron chi connectivity index (χ1n) is 7.28. The summed E-state index contributed by atoms with van der Waals surface area (Å²) in [6.07, 6.45) is 0.929. The first-order valence-corrected chi connectivity index (χ1v) is 7.28. The second kappa shape index (κ2) is 6.81.